The second-order valence-electron chi connectivity index (χ2n) is 7.62. The van der Waals surface area contributed by atoms with Crippen LogP contribution in [0, 0.1) is 0 Å². The van der Waals surface area contributed by atoms with Crippen LogP contribution in [-0.2, 0) is 14.4 Å². The number of rotatable bonds is 6. The molecule has 2 aromatic carbocycles. The summed E-state index contributed by atoms with van der Waals surface area (Å²) in [5.41, 5.74) is 3.78. The Balaban J connectivity index is 1.62. The van der Waals surface area contributed by atoms with Crippen LogP contribution in [-0.4, -0.2) is 46.8 Å². The molecule has 1 unspecified atom stereocenters. The van der Waals surface area contributed by atoms with E-state index < -0.39 is 29.7 Å². The SMILES string of the molecule is COc1ccc(N2C(=O)CC(N(NC(=O)c3cccnc3)C(=O)C=Cc3ccccc3)C2=O)cc1. The van der Waals surface area contributed by atoms with Gasteiger partial charge in [0.05, 0.1) is 24.8 Å². The average molecular weight is 470 g/mol. The van der Waals surface area contributed by atoms with Gasteiger partial charge < -0.3 is 4.74 Å². The molecule has 1 aliphatic rings. The molecule has 9 nitrogen and oxygen atoms in total. The first-order chi connectivity index (χ1) is 17.0. The quantitative estimate of drug-likeness (QED) is 0.337. The standard InChI is InChI=1S/C26H22N4O5/c1-35-21-12-10-20(11-13-21)29-24(32)16-22(26(29)34)30(28-25(33)19-8-5-15-27-17-19)23(31)14-9-18-6-3-2-4-7-18/h2-15,17,22H,16H2,1H3,(H,28,33). The maximum absolute atomic E-state index is 13.3. The second kappa shape index (κ2) is 10.4. The van der Waals surface area contributed by atoms with Crippen molar-refractivity contribution in [1.82, 2.24) is 15.4 Å². The van der Waals surface area contributed by atoms with Crippen LogP contribution in [0.3, 0.4) is 0 Å². The van der Waals surface area contributed by atoms with Gasteiger partial charge in [0.1, 0.15) is 11.8 Å². The van der Waals surface area contributed by atoms with Crippen LogP contribution < -0.4 is 15.1 Å². The summed E-state index contributed by atoms with van der Waals surface area (Å²) in [6.45, 7) is 0. The lowest BCUT2D eigenvalue weighted by Crippen LogP contribution is -2.54. The molecule has 9 heteroatoms. The lowest BCUT2D eigenvalue weighted by Gasteiger charge is -2.26. The number of hydrogen-bond donors (Lipinski definition) is 1. The molecule has 4 rings (SSSR count). The van der Waals surface area contributed by atoms with Gasteiger partial charge in [0.25, 0.3) is 17.7 Å². The summed E-state index contributed by atoms with van der Waals surface area (Å²) in [5, 5.41) is 0.901. The molecule has 1 atom stereocenters. The van der Waals surface area contributed by atoms with Crippen molar-refractivity contribution in [2.24, 2.45) is 0 Å². The minimum atomic E-state index is -1.22. The van der Waals surface area contributed by atoms with E-state index in [9.17, 15) is 19.2 Å². The van der Waals surface area contributed by atoms with Gasteiger partial charge >= 0.3 is 0 Å². The number of anilines is 1. The number of hydrazine groups is 1. The van der Waals surface area contributed by atoms with E-state index in [-0.39, 0.29) is 12.0 Å². The van der Waals surface area contributed by atoms with Gasteiger partial charge in [-0.05, 0) is 48.0 Å². The van der Waals surface area contributed by atoms with Gasteiger partial charge in [0.15, 0.2) is 0 Å². The van der Waals surface area contributed by atoms with Crippen molar-refractivity contribution in [3.63, 3.8) is 0 Å². The summed E-state index contributed by atoms with van der Waals surface area (Å²) in [4.78, 5) is 57.0. The molecule has 0 saturated carbocycles. The van der Waals surface area contributed by atoms with E-state index in [0.717, 1.165) is 15.5 Å². The van der Waals surface area contributed by atoms with Gasteiger partial charge in [-0.15, -0.1) is 0 Å². The fraction of sp³-hybridized carbons (Fsp3) is 0.115. The summed E-state index contributed by atoms with van der Waals surface area (Å²) >= 11 is 0. The third-order valence-electron chi connectivity index (χ3n) is 5.37. The van der Waals surface area contributed by atoms with Crippen molar-refractivity contribution < 1.29 is 23.9 Å². The number of benzene rings is 2. The van der Waals surface area contributed by atoms with Crippen LogP contribution in [0.25, 0.3) is 6.08 Å². The lowest BCUT2D eigenvalue weighted by molar-refractivity contribution is -0.136. The molecule has 2 heterocycles. The monoisotopic (exact) mass is 470 g/mol. The molecule has 0 radical (unpaired) electrons. The zero-order chi connectivity index (χ0) is 24.8. The normalized spacial score (nSPS) is 15.3. The van der Waals surface area contributed by atoms with E-state index in [2.05, 4.69) is 10.4 Å². The summed E-state index contributed by atoms with van der Waals surface area (Å²) in [6.07, 6.45) is 5.36. The lowest BCUT2D eigenvalue weighted by atomic mass is 10.2. The minimum absolute atomic E-state index is 0.195. The van der Waals surface area contributed by atoms with Gasteiger partial charge in [-0.2, -0.15) is 0 Å². The van der Waals surface area contributed by atoms with Crippen LogP contribution >= 0.6 is 0 Å². The summed E-state index contributed by atoms with van der Waals surface area (Å²) in [5.74, 6) is -1.86. The molecule has 0 aliphatic carbocycles. The summed E-state index contributed by atoms with van der Waals surface area (Å²) in [7, 11) is 1.51. The van der Waals surface area contributed by atoms with Gasteiger partial charge in [-0.25, -0.2) is 9.91 Å². The molecule has 1 aromatic heterocycles. The predicted molar refractivity (Wildman–Crippen MR) is 128 cm³/mol. The van der Waals surface area contributed by atoms with Gasteiger partial charge in [0, 0.05) is 18.5 Å². The maximum atomic E-state index is 13.3. The molecule has 1 N–H and O–H groups in total. The topological polar surface area (TPSA) is 109 Å². The highest BCUT2D eigenvalue weighted by Gasteiger charge is 2.45. The number of pyridine rings is 1. The first-order valence-corrected chi connectivity index (χ1v) is 10.8. The zero-order valence-electron chi connectivity index (χ0n) is 18.8. The number of carbonyl (C=O) groups excluding carboxylic acids is 4. The number of nitrogens with zero attached hydrogens (tertiary/aromatic N) is 3. The Morgan fingerprint density at radius 3 is 2.46 bits per heavy atom. The van der Waals surface area contributed by atoms with Crippen molar-refractivity contribution in [2.45, 2.75) is 12.5 Å². The molecule has 1 fully saturated rings. The highest BCUT2D eigenvalue weighted by Crippen LogP contribution is 2.27. The Bertz CT molecular complexity index is 1260. The number of hydrogen-bond acceptors (Lipinski definition) is 6. The summed E-state index contributed by atoms with van der Waals surface area (Å²) in [6, 6.07) is 17.4. The Morgan fingerprint density at radius 2 is 1.80 bits per heavy atom. The molecule has 176 valence electrons. The smallest absolute Gasteiger partial charge is 0.271 e. The molecule has 0 spiro atoms. The number of methoxy groups -OCH3 is 1. The molecule has 35 heavy (non-hydrogen) atoms. The maximum Gasteiger partial charge on any atom is 0.271 e. The van der Waals surface area contributed by atoms with Gasteiger partial charge in [0.2, 0.25) is 5.91 Å². The van der Waals surface area contributed by atoms with E-state index in [1.54, 1.807) is 48.5 Å². The van der Waals surface area contributed by atoms with Crippen LogP contribution in [0.1, 0.15) is 22.3 Å². The Labute approximate surface area is 201 Å². The van der Waals surface area contributed by atoms with Crippen molar-refractivity contribution >= 4 is 35.4 Å². The third kappa shape index (κ3) is 5.25. The van der Waals surface area contributed by atoms with E-state index >= 15 is 0 Å². The van der Waals surface area contributed by atoms with Crippen LogP contribution in [0.15, 0.2) is 85.2 Å². The molecular formula is C26H22N4O5. The van der Waals surface area contributed by atoms with E-state index in [0.29, 0.717) is 11.4 Å². The van der Waals surface area contributed by atoms with E-state index in [4.69, 9.17) is 4.74 Å². The van der Waals surface area contributed by atoms with Gasteiger partial charge in [-0.3, -0.25) is 29.6 Å². The van der Waals surface area contributed by atoms with Gasteiger partial charge in [-0.1, -0.05) is 30.3 Å². The highest BCUT2D eigenvalue weighted by atomic mass is 16.5. The van der Waals surface area contributed by atoms with Crippen molar-refractivity contribution in [2.75, 3.05) is 12.0 Å². The molecule has 1 aliphatic heterocycles. The highest BCUT2D eigenvalue weighted by molar-refractivity contribution is 6.23. The van der Waals surface area contributed by atoms with E-state index in [1.165, 1.54) is 31.6 Å². The largest absolute Gasteiger partial charge is 0.497 e. The first-order valence-electron chi connectivity index (χ1n) is 10.8. The Kier molecular flexibility index (Phi) is 6.96. The number of carbonyl (C=O) groups is 4. The Morgan fingerprint density at radius 1 is 1.06 bits per heavy atom. The van der Waals surface area contributed by atoms with Crippen LogP contribution in [0.5, 0.6) is 5.75 Å². The number of imide groups is 1. The molecule has 1 saturated heterocycles. The molecule has 0 bridgehead atoms. The zero-order valence-corrected chi connectivity index (χ0v) is 18.8. The fourth-order valence-corrected chi connectivity index (χ4v) is 3.59. The van der Waals surface area contributed by atoms with Crippen molar-refractivity contribution in [3.8, 4) is 5.75 Å². The number of ether oxygens (including phenoxy) is 1. The second-order valence-corrected chi connectivity index (χ2v) is 7.62. The molecule has 4 amide bonds. The number of nitrogens with one attached hydrogen (secondary N) is 1. The number of amides is 4. The number of aromatic nitrogens is 1. The Hall–Kier alpha value is -4.79. The minimum Gasteiger partial charge on any atom is -0.497 e. The third-order valence-corrected chi connectivity index (χ3v) is 5.37. The fourth-order valence-electron chi connectivity index (χ4n) is 3.59. The van der Waals surface area contributed by atoms with E-state index in [1.807, 2.05) is 18.2 Å². The average Bonchev–Trinajstić information content (AvgIpc) is 3.20. The molecular weight excluding hydrogens is 448 g/mol. The molecule has 3 aromatic rings. The summed E-state index contributed by atoms with van der Waals surface area (Å²) < 4.78 is 5.12. The first kappa shape index (κ1) is 23.4. The van der Waals surface area contributed by atoms with Crippen LogP contribution in [0.4, 0.5) is 5.69 Å². The van der Waals surface area contributed by atoms with Crippen molar-refractivity contribution in [3.05, 3.63) is 96.3 Å². The van der Waals surface area contributed by atoms with Crippen molar-refractivity contribution in [1.29, 1.82) is 0 Å². The predicted octanol–water partition coefficient (Wildman–Crippen LogP) is 2.61. The van der Waals surface area contributed by atoms with Crippen LogP contribution in [0.2, 0.25) is 0 Å².